The fraction of sp³-hybridized carbons (Fsp3) is 0.500. The number of carbonyl (C=O) groups is 1. The number of nitrogens with one attached hydrogen (secondary N) is 1. The van der Waals surface area contributed by atoms with Crippen molar-refractivity contribution >= 4 is 5.91 Å². The molecular weight excluding hydrogens is 230 g/mol. The van der Waals surface area contributed by atoms with Gasteiger partial charge in [0, 0.05) is 25.8 Å². The monoisotopic (exact) mass is 251 g/mol. The van der Waals surface area contributed by atoms with Gasteiger partial charge in [0.1, 0.15) is 0 Å². The molecule has 1 aromatic rings. The zero-order valence-electron chi connectivity index (χ0n) is 10.9. The Kier molecular flexibility index (Phi) is 7.84. The summed E-state index contributed by atoms with van der Waals surface area (Å²) < 4.78 is 10.2. The number of rotatable bonds is 9. The van der Waals surface area contributed by atoms with Gasteiger partial charge in [0.25, 0.3) is 5.91 Å². The van der Waals surface area contributed by atoms with Gasteiger partial charge in [0.2, 0.25) is 0 Å². The first kappa shape index (κ1) is 14.7. The van der Waals surface area contributed by atoms with Crippen LogP contribution in [0.3, 0.4) is 0 Å². The highest BCUT2D eigenvalue weighted by Crippen LogP contribution is 1.98. The van der Waals surface area contributed by atoms with Crippen LogP contribution in [-0.2, 0) is 9.47 Å². The first-order valence-electron chi connectivity index (χ1n) is 6.24. The van der Waals surface area contributed by atoms with Gasteiger partial charge in [0.05, 0.1) is 13.2 Å². The maximum atomic E-state index is 11.7. The summed E-state index contributed by atoms with van der Waals surface area (Å²) in [6.45, 7) is 2.66. The largest absolute Gasteiger partial charge is 0.382 e. The topological polar surface area (TPSA) is 47.6 Å². The zero-order chi connectivity index (χ0) is 13.1. The van der Waals surface area contributed by atoms with Crippen LogP contribution < -0.4 is 5.32 Å². The van der Waals surface area contributed by atoms with Crippen molar-refractivity contribution in [3.63, 3.8) is 0 Å². The van der Waals surface area contributed by atoms with Crippen molar-refractivity contribution in [3.05, 3.63) is 35.9 Å². The molecule has 0 spiro atoms. The van der Waals surface area contributed by atoms with Gasteiger partial charge in [-0.3, -0.25) is 4.79 Å². The summed E-state index contributed by atoms with van der Waals surface area (Å²) in [6.07, 6.45) is 1.87. The summed E-state index contributed by atoms with van der Waals surface area (Å²) in [5, 5.41) is 2.88. The number of benzene rings is 1. The molecule has 0 aliphatic carbocycles. The molecular formula is C14H21NO3. The molecule has 1 aromatic carbocycles. The number of hydrogen-bond donors (Lipinski definition) is 1. The average molecular weight is 251 g/mol. The van der Waals surface area contributed by atoms with Crippen molar-refractivity contribution in [2.75, 3.05) is 33.5 Å². The summed E-state index contributed by atoms with van der Waals surface area (Å²) in [5.41, 5.74) is 0.703. The van der Waals surface area contributed by atoms with E-state index in [0.29, 0.717) is 31.9 Å². The predicted molar refractivity (Wildman–Crippen MR) is 70.7 cm³/mol. The molecule has 0 bridgehead atoms. The highest BCUT2D eigenvalue weighted by Gasteiger charge is 2.02. The maximum Gasteiger partial charge on any atom is 0.251 e. The summed E-state index contributed by atoms with van der Waals surface area (Å²) in [4.78, 5) is 11.7. The Morgan fingerprint density at radius 1 is 1.11 bits per heavy atom. The van der Waals surface area contributed by atoms with E-state index in [4.69, 9.17) is 9.47 Å². The predicted octanol–water partition coefficient (Wildman–Crippen LogP) is 1.86. The third-order valence-electron chi connectivity index (χ3n) is 2.47. The van der Waals surface area contributed by atoms with Gasteiger partial charge < -0.3 is 14.8 Å². The normalized spacial score (nSPS) is 10.3. The zero-order valence-corrected chi connectivity index (χ0v) is 10.9. The van der Waals surface area contributed by atoms with Gasteiger partial charge in [0.15, 0.2) is 0 Å². The van der Waals surface area contributed by atoms with E-state index in [-0.39, 0.29) is 5.91 Å². The molecule has 0 aliphatic rings. The molecule has 1 N–H and O–H groups in total. The molecule has 100 valence electrons. The van der Waals surface area contributed by atoms with E-state index in [1.807, 2.05) is 30.3 Å². The minimum absolute atomic E-state index is 0.0177. The molecule has 4 heteroatoms. The Bertz CT molecular complexity index is 327. The molecule has 0 radical (unpaired) electrons. The van der Waals surface area contributed by atoms with Crippen molar-refractivity contribution in [1.82, 2.24) is 5.32 Å². The minimum atomic E-state index is -0.0177. The second-order valence-corrected chi connectivity index (χ2v) is 3.93. The van der Waals surface area contributed by atoms with Crippen LogP contribution in [0.4, 0.5) is 0 Å². The van der Waals surface area contributed by atoms with Crippen LogP contribution in [0.2, 0.25) is 0 Å². The lowest BCUT2D eigenvalue weighted by Gasteiger charge is -2.06. The molecule has 0 aliphatic heterocycles. The fourth-order valence-electron chi connectivity index (χ4n) is 1.47. The SMILES string of the molecule is COCCOCCCCNC(=O)c1ccccc1. The van der Waals surface area contributed by atoms with Gasteiger partial charge in [-0.2, -0.15) is 0 Å². The third-order valence-corrected chi connectivity index (χ3v) is 2.47. The van der Waals surface area contributed by atoms with Gasteiger partial charge in [-0.15, -0.1) is 0 Å². The molecule has 1 rings (SSSR count). The Morgan fingerprint density at radius 2 is 1.89 bits per heavy atom. The molecule has 0 saturated heterocycles. The molecule has 0 aromatic heterocycles. The molecule has 0 unspecified atom stereocenters. The Balaban J connectivity index is 2.00. The lowest BCUT2D eigenvalue weighted by atomic mass is 10.2. The lowest BCUT2D eigenvalue weighted by Crippen LogP contribution is -2.24. The second-order valence-electron chi connectivity index (χ2n) is 3.93. The minimum Gasteiger partial charge on any atom is -0.382 e. The lowest BCUT2D eigenvalue weighted by molar-refractivity contribution is 0.0686. The van der Waals surface area contributed by atoms with Crippen LogP contribution in [-0.4, -0.2) is 39.4 Å². The number of amides is 1. The van der Waals surface area contributed by atoms with Crippen LogP contribution in [0.1, 0.15) is 23.2 Å². The smallest absolute Gasteiger partial charge is 0.251 e. The molecule has 18 heavy (non-hydrogen) atoms. The van der Waals surface area contributed by atoms with E-state index >= 15 is 0 Å². The van der Waals surface area contributed by atoms with Gasteiger partial charge in [-0.1, -0.05) is 18.2 Å². The number of hydrogen-bond acceptors (Lipinski definition) is 3. The van der Waals surface area contributed by atoms with Crippen molar-refractivity contribution in [2.24, 2.45) is 0 Å². The Hall–Kier alpha value is -1.39. The van der Waals surface area contributed by atoms with Crippen LogP contribution in [0.25, 0.3) is 0 Å². The number of ether oxygens (including phenoxy) is 2. The summed E-state index contributed by atoms with van der Waals surface area (Å²) >= 11 is 0. The van der Waals surface area contributed by atoms with Crippen LogP contribution in [0.15, 0.2) is 30.3 Å². The van der Waals surface area contributed by atoms with Gasteiger partial charge >= 0.3 is 0 Å². The first-order valence-corrected chi connectivity index (χ1v) is 6.24. The molecule has 4 nitrogen and oxygen atoms in total. The van der Waals surface area contributed by atoms with Crippen molar-refractivity contribution in [1.29, 1.82) is 0 Å². The third kappa shape index (κ3) is 6.37. The standard InChI is InChI=1S/C14H21NO3/c1-17-11-12-18-10-6-5-9-15-14(16)13-7-3-2-4-8-13/h2-4,7-8H,5-6,9-12H2,1H3,(H,15,16). The highest BCUT2D eigenvalue weighted by atomic mass is 16.5. The van der Waals surface area contributed by atoms with Gasteiger partial charge in [-0.25, -0.2) is 0 Å². The number of carbonyl (C=O) groups excluding carboxylic acids is 1. The summed E-state index contributed by atoms with van der Waals surface area (Å²) in [6, 6.07) is 9.23. The second kappa shape index (κ2) is 9.62. The molecule has 0 heterocycles. The van der Waals surface area contributed by atoms with Crippen molar-refractivity contribution in [3.8, 4) is 0 Å². The van der Waals surface area contributed by atoms with E-state index in [9.17, 15) is 4.79 Å². The van der Waals surface area contributed by atoms with E-state index < -0.39 is 0 Å². The Morgan fingerprint density at radius 3 is 2.61 bits per heavy atom. The molecule has 0 atom stereocenters. The quantitative estimate of drug-likeness (QED) is 0.681. The molecule has 0 fully saturated rings. The molecule has 1 amide bonds. The average Bonchev–Trinajstić information content (AvgIpc) is 2.42. The van der Waals surface area contributed by atoms with Crippen molar-refractivity contribution in [2.45, 2.75) is 12.8 Å². The first-order chi connectivity index (χ1) is 8.84. The van der Waals surface area contributed by atoms with Crippen LogP contribution in [0, 0.1) is 0 Å². The van der Waals surface area contributed by atoms with E-state index in [1.165, 1.54) is 0 Å². The Labute approximate surface area is 108 Å². The summed E-state index contributed by atoms with van der Waals surface area (Å²) in [7, 11) is 1.66. The maximum absolute atomic E-state index is 11.7. The van der Waals surface area contributed by atoms with Crippen LogP contribution in [0.5, 0.6) is 0 Å². The fourth-order valence-corrected chi connectivity index (χ4v) is 1.47. The van der Waals surface area contributed by atoms with Crippen molar-refractivity contribution < 1.29 is 14.3 Å². The number of unbranched alkanes of at least 4 members (excludes halogenated alkanes) is 1. The van der Waals surface area contributed by atoms with Crippen LogP contribution >= 0.6 is 0 Å². The molecule has 0 saturated carbocycles. The number of methoxy groups -OCH3 is 1. The van der Waals surface area contributed by atoms with E-state index in [2.05, 4.69) is 5.32 Å². The highest BCUT2D eigenvalue weighted by molar-refractivity contribution is 5.94. The van der Waals surface area contributed by atoms with E-state index in [0.717, 1.165) is 12.8 Å². The van der Waals surface area contributed by atoms with E-state index in [1.54, 1.807) is 7.11 Å². The van der Waals surface area contributed by atoms with Gasteiger partial charge in [-0.05, 0) is 25.0 Å². The summed E-state index contributed by atoms with van der Waals surface area (Å²) in [5.74, 6) is -0.0177.